The third-order valence-corrected chi connectivity index (χ3v) is 6.02. The van der Waals surface area contributed by atoms with Gasteiger partial charge in [0.2, 0.25) is 0 Å². The highest BCUT2D eigenvalue weighted by molar-refractivity contribution is 5.72. The van der Waals surface area contributed by atoms with Crippen molar-refractivity contribution < 1.29 is 19.7 Å². The molecular formula is C28H58O4. The first-order valence-electron chi connectivity index (χ1n) is 14.0. The van der Waals surface area contributed by atoms with E-state index in [-0.39, 0.29) is 24.6 Å². The summed E-state index contributed by atoms with van der Waals surface area (Å²) >= 11 is 0. The van der Waals surface area contributed by atoms with Gasteiger partial charge in [0.1, 0.15) is 0 Å². The van der Waals surface area contributed by atoms with Crippen molar-refractivity contribution >= 4 is 5.97 Å². The van der Waals surface area contributed by atoms with E-state index >= 15 is 0 Å². The molecule has 0 aromatic heterocycles. The molecule has 32 heavy (non-hydrogen) atoms. The zero-order valence-electron chi connectivity index (χ0n) is 22.2. The van der Waals surface area contributed by atoms with E-state index in [2.05, 4.69) is 20.8 Å². The summed E-state index contributed by atoms with van der Waals surface area (Å²) in [6.45, 7) is 8.90. The number of carbonyl (C=O) groups is 1. The van der Waals surface area contributed by atoms with E-state index in [1.807, 2.05) is 0 Å². The largest absolute Gasteiger partial charge is 0.465 e. The maximum Gasteiger partial charge on any atom is 0.308 e. The lowest BCUT2D eigenvalue weighted by atomic mass is 10.00. The van der Waals surface area contributed by atoms with Crippen molar-refractivity contribution in [2.24, 2.45) is 5.92 Å². The molecule has 0 aromatic rings. The number of ether oxygens (including phenoxy) is 1. The fourth-order valence-electron chi connectivity index (χ4n) is 3.71. The monoisotopic (exact) mass is 458 g/mol. The summed E-state index contributed by atoms with van der Waals surface area (Å²) in [5.41, 5.74) is 0. The molecule has 4 heteroatoms. The third-order valence-electron chi connectivity index (χ3n) is 6.02. The Kier molecular flexibility index (Phi) is 29.8. The summed E-state index contributed by atoms with van der Waals surface area (Å²) in [6, 6.07) is 0. The van der Waals surface area contributed by atoms with Gasteiger partial charge in [-0.25, -0.2) is 0 Å². The second kappa shape index (κ2) is 28.4. The van der Waals surface area contributed by atoms with Gasteiger partial charge in [0, 0.05) is 6.61 Å². The molecule has 4 nitrogen and oxygen atoms in total. The normalized spacial score (nSPS) is 12.7. The lowest BCUT2D eigenvalue weighted by Gasteiger charge is -2.13. The standard InChI is InChI=1S/C24H48O2.C4H10O2/c1-4-7-9-10-11-12-13-14-15-16-17-18-19-20-22-26-24(25)23(6-3)21-8-5-2;1-4(6)2-3-5/h23H,4-22H2,1-3H3;4-6H,2-3H2,1H3. The average Bonchev–Trinajstić information content (AvgIpc) is 2.77. The summed E-state index contributed by atoms with van der Waals surface area (Å²) in [6.07, 6.45) is 23.3. The number of hydrogen-bond donors (Lipinski definition) is 2. The zero-order chi connectivity index (χ0) is 24.3. The van der Waals surface area contributed by atoms with Gasteiger partial charge in [-0.2, -0.15) is 0 Å². The van der Waals surface area contributed by atoms with Crippen molar-refractivity contribution in [3.8, 4) is 0 Å². The van der Waals surface area contributed by atoms with Crippen LogP contribution in [0.25, 0.3) is 0 Å². The highest BCUT2D eigenvalue weighted by Gasteiger charge is 2.16. The fraction of sp³-hybridized carbons (Fsp3) is 0.964. The van der Waals surface area contributed by atoms with Gasteiger partial charge in [-0.3, -0.25) is 4.79 Å². The third kappa shape index (κ3) is 27.4. The van der Waals surface area contributed by atoms with Gasteiger partial charge in [-0.1, -0.05) is 117 Å². The first-order chi connectivity index (χ1) is 15.5. The predicted molar refractivity (Wildman–Crippen MR) is 138 cm³/mol. The van der Waals surface area contributed by atoms with E-state index in [0.29, 0.717) is 13.0 Å². The maximum absolute atomic E-state index is 12.0. The fourth-order valence-corrected chi connectivity index (χ4v) is 3.71. The van der Waals surface area contributed by atoms with Gasteiger partial charge in [0.15, 0.2) is 0 Å². The maximum atomic E-state index is 12.0. The molecule has 2 N–H and O–H groups in total. The lowest BCUT2D eigenvalue weighted by molar-refractivity contribution is -0.149. The Bertz CT molecular complexity index is 357. The second-order valence-corrected chi connectivity index (χ2v) is 9.37. The smallest absolute Gasteiger partial charge is 0.308 e. The topological polar surface area (TPSA) is 66.8 Å². The Morgan fingerprint density at radius 3 is 1.47 bits per heavy atom. The molecule has 0 saturated heterocycles. The molecule has 0 saturated carbocycles. The molecule has 2 atom stereocenters. The molecule has 2 unspecified atom stereocenters. The van der Waals surface area contributed by atoms with Crippen molar-refractivity contribution in [1.82, 2.24) is 0 Å². The molecule has 0 amide bonds. The van der Waals surface area contributed by atoms with Crippen LogP contribution in [0.2, 0.25) is 0 Å². The molecule has 0 rings (SSSR count). The van der Waals surface area contributed by atoms with Crippen LogP contribution in [0.4, 0.5) is 0 Å². The van der Waals surface area contributed by atoms with E-state index < -0.39 is 0 Å². The summed E-state index contributed by atoms with van der Waals surface area (Å²) < 4.78 is 5.46. The predicted octanol–water partition coefficient (Wildman–Crippen LogP) is 7.98. The van der Waals surface area contributed by atoms with Crippen LogP contribution >= 0.6 is 0 Å². The summed E-state index contributed by atoms with van der Waals surface area (Å²) in [5, 5.41) is 16.5. The lowest BCUT2D eigenvalue weighted by Crippen LogP contribution is -2.17. The SMILES string of the molecule is CC(O)CCO.CCCCCCCCCCCCCCCCOC(=O)C(CC)CCCC. The molecule has 0 aliphatic heterocycles. The highest BCUT2D eigenvalue weighted by Crippen LogP contribution is 2.15. The van der Waals surface area contributed by atoms with Crippen molar-refractivity contribution in [2.75, 3.05) is 13.2 Å². The van der Waals surface area contributed by atoms with Crippen molar-refractivity contribution in [2.45, 2.75) is 156 Å². The van der Waals surface area contributed by atoms with E-state index in [1.165, 1.54) is 83.5 Å². The Labute approximate surface area is 200 Å². The van der Waals surface area contributed by atoms with E-state index in [4.69, 9.17) is 14.9 Å². The molecule has 0 aliphatic carbocycles. The van der Waals surface area contributed by atoms with E-state index in [0.717, 1.165) is 32.1 Å². The van der Waals surface area contributed by atoms with Gasteiger partial charge in [-0.15, -0.1) is 0 Å². The average molecular weight is 459 g/mol. The Morgan fingerprint density at radius 1 is 0.688 bits per heavy atom. The van der Waals surface area contributed by atoms with Gasteiger partial charge in [0.05, 0.1) is 18.6 Å². The van der Waals surface area contributed by atoms with Crippen LogP contribution < -0.4 is 0 Å². The van der Waals surface area contributed by atoms with Crippen LogP contribution in [0, 0.1) is 5.92 Å². The molecule has 0 aromatic carbocycles. The molecule has 0 radical (unpaired) electrons. The van der Waals surface area contributed by atoms with Crippen LogP contribution in [0.1, 0.15) is 150 Å². The van der Waals surface area contributed by atoms with Gasteiger partial charge >= 0.3 is 5.97 Å². The minimum Gasteiger partial charge on any atom is -0.465 e. The summed E-state index contributed by atoms with van der Waals surface area (Å²) in [5.74, 6) is 0.164. The van der Waals surface area contributed by atoms with Crippen LogP contribution in [0.5, 0.6) is 0 Å². The number of aliphatic hydroxyl groups is 2. The first kappa shape index (κ1) is 33.6. The van der Waals surface area contributed by atoms with Gasteiger partial charge in [0.25, 0.3) is 0 Å². The molecule has 0 spiro atoms. The molecule has 194 valence electrons. The molecule has 0 fully saturated rings. The van der Waals surface area contributed by atoms with Gasteiger partial charge in [-0.05, 0) is 32.6 Å². The van der Waals surface area contributed by atoms with E-state index in [9.17, 15) is 4.79 Å². The molecule has 0 heterocycles. The quantitative estimate of drug-likeness (QED) is 0.127. The highest BCUT2D eigenvalue weighted by atomic mass is 16.5. The number of unbranched alkanes of at least 4 members (excludes halogenated alkanes) is 14. The van der Waals surface area contributed by atoms with Crippen molar-refractivity contribution in [3.05, 3.63) is 0 Å². The molecule has 0 aliphatic rings. The Morgan fingerprint density at radius 2 is 1.12 bits per heavy atom. The van der Waals surface area contributed by atoms with Crippen molar-refractivity contribution in [3.63, 3.8) is 0 Å². The van der Waals surface area contributed by atoms with Crippen LogP contribution in [0.3, 0.4) is 0 Å². The number of esters is 1. The van der Waals surface area contributed by atoms with Crippen molar-refractivity contribution in [1.29, 1.82) is 0 Å². The summed E-state index contributed by atoms with van der Waals surface area (Å²) in [4.78, 5) is 12.0. The molecule has 0 bridgehead atoms. The summed E-state index contributed by atoms with van der Waals surface area (Å²) in [7, 11) is 0. The number of hydrogen-bond acceptors (Lipinski definition) is 4. The van der Waals surface area contributed by atoms with E-state index in [1.54, 1.807) is 6.92 Å². The number of rotatable bonds is 22. The van der Waals surface area contributed by atoms with Crippen LogP contribution in [-0.4, -0.2) is 35.5 Å². The Hall–Kier alpha value is -0.610. The van der Waals surface area contributed by atoms with Crippen LogP contribution in [0.15, 0.2) is 0 Å². The zero-order valence-corrected chi connectivity index (χ0v) is 22.2. The second-order valence-electron chi connectivity index (χ2n) is 9.37. The minimum absolute atomic E-state index is 0.0376. The molecular weight excluding hydrogens is 400 g/mol. The van der Waals surface area contributed by atoms with Gasteiger partial charge < -0.3 is 14.9 Å². The number of carbonyl (C=O) groups excluding carboxylic acids is 1. The number of aliphatic hydroxyl groups excluding tert-OH is 2. The Balaban J connectivity index is 0. The van der Waals surface area contributed by atoms with Crippen LogP contribution in [-0.2, 0) is 9.53 Å². The first-order valence-corrected chi connectivity index (χ1v) is 14.0. The minimum atomic E-state index is -0.352.